The van der Waals surface area contributed by atoms with Crippen molar-refractivity contribution in [3.63, 3.8) is 0 Å². The van der Waals surface area contributed by atoms with Crippen LogP contribution in [0.1, 0.15) is 17.4 Å². The largest absolute Gasteiger partial charge is 0.497 e. The highest BCUT2D eigenvalue weighted by Gasteiger charge is 2.37. The highest BCUT2D eigenvalue weighted by atomic mass is 32.2. The molecule has 0 saturated heterocycles. The highest BCUT2D eigenvalue weighted by molar-refractivity contribution is 8.04. The summed E-state index contributed by atoms with van der Waals surface area (Å²) in [6, 6.07) is 17.9. The highest BCUT2D eigenvalue weighted by Crippen LogP contribution is 2.49. The standard InChI is InChI=1S/C26H23NO6S3/c1-3-17-22(34-21-10-8-15-6-4-5-7-18(15)25(17)21)13-24-27(14-23(26(28)29)36(30,31)32)19-12-16(33-2)9-11-20(19)35-24/h4-13,23H,3,14H2,1-2H3,(H,28,29)(H,30,31,32)/b24-13-. The summed E-state index contributed by atoms with van der Waals surface area (Å²) in [4.78, 5) is 15.3. The summed E-state index contributed by atoms with van der Waals surface area (Å²) >= 11 is 3.07. The van der Waals surface area contributed by atoms with Gasteiger partial charge in [-0.25, -0.2) is 0 Å². The number of thioether (sulfide) groups is 1. The Morgan fingerprint density at radius 3 is 2.64 bits per heavy atom. The Morgan fingerprint density at radius 2 is 1.94 bits per heavy atom. The van der Waals surface area contributed by atoms with Crippen molar-refractivity contribution in [3.05, 3.63) is 70.1 Å². The Kier molecular flexibility index (Phi) is 6.46. The van der Waals surface area contributed by atoms with E-state index in [2.05, 4.69) is 31.2 Å². The predicted octanol–water partition coefficient (Wildman–Crippen LogP) is 5.88. The van der Waals surface area contributed by atoms with E-state index in [4.69, 9.17) is 4.74 Å². The summed E-state index contributed by atoms with van der Waals surface area (Å²) in [5, 5.41) is 11.8. The Labute approximate surface area is 216 Å². The Bertz CT molecular complexity index is 1640. The number of carboxylic acids is 1. The number of aliphatic carboxylic acids is 1. The number of aryl methyl sites for hydroxylation is 1. The Balaban J connectivity index is 1.67. The third-order valence-corrected chi connectivity index (χ3v) is 9.57. The van der Waals surface area contributed by atoms with Gasteiger partial charge in [-0.15, -0.1) is 11.3 Å². The molecule has 0 fully saturated rings. The lowest BCUT2D eigenvalue weighted by Crippen LogP contribution is -2.40. The molecule has 0 spiro atoms. The first-order chi connectivity index (χ1) is 17.2. The van der Waals surface area contributed by atoms with E-state index >= 15 is 0 Å². The minimum Gasteiger partial charge on any atom is -0.497 e. The van der Waals surface area contributed by atoms with Crippen LogP contribution in [0.5, 0.6) is 5.75 Å². The van der Waals surface area contributed by atoms with E-state index in [0.29, 0.717) is 16.5 Å². The molecule has 0 radical (unpaired) electrons. The maximum Gasteiger partial charge on any atom is 0.326 e. The normalized spacial score (nSPS) is 15.5. The molecular weight excluding hydrogens is 518 g/mol. The Hall–Kier alpha value is -3.05. The molecule has 4 aromatic rings. The van der Waals surface area contributed by atoms with Crippen LogP contribution < -0.4 is 9.64 Å². The molecule has 1 aliphatic heterocycles. The van der Waals surface area contributed by atoms with Gasteiger partial charge >= 0.3 is 5.97 Å². The van der Waals surface area contributed by atoms with Gasteiger partial charge in [-0.1, -0.05) is 49.0 Å². The van der Waals surface area contributed by atoms with Crippen LogP contribution in [-0.4, -0.2) is 43.0 Å². The summed E-state index contributed by atoms with van der Waals surface area (Å²) in [7, 11) is -3.30. The second kappa shape index (κ2) is 9.44. The van der Waals surface area contributed by atoms with Gasteiger partial charge in [0.05, 0.1) is 24.4 Å². The average Bonchev–Trinajstić information content (AvgIpc) is 3.38. The van der Waals surface area contributed by atoms with E-state index in [1.807, 2.05) is 24.3 Å². The van der Waals surface area contributed by atoms with Crippen molar-refractivity contribution in [2.45, 2.75) is 23.5 Å². The lowest BCUT2D eigenvalue weighted by molar-refractivity contribution is -0.136. The maximum atomic E-state index is 11.9. The van der Waals surface area contributed by atoms with Gasteiger partial charge in [0.2, 0.25) is 5.25 Å². The van der Waals surface area contributed by atoms with Crippen LogP contribution >= 0.6 is 23.1 Å². The van der Waals surface area contributed by atoms with Crippen molar-refractivity contribution in [1.29, 1.82) is 0 Å². The number of ether oxygens (including phenoxy) is 1. The zero-order chi connectivity index (χ0) is 25.6. The van der Waals surface area contributed by atoms with Crippen LogP contribution in [-0.2, 0) is 21.3 Å². The monoisotopic (exact) mass is 541 g/mol. The van der Waals surface area contributed by atoms with Crippen molar-refractivity contribution >= 4 is 71.8 Å². The van der Waals surface area contributed by atoms with Gasteiger partial charge in [0.1, 0.15) is 5.75 Å². The third kappa shape index (κ3) is 4.34. The summed E-state index contributed by atoms with van der Waals surface area (Å²) < 4.78 is 39.9. The lowest BCUT2D eigenvalue weighted by Gasteiger charge is -2.23. The van der Waals surface area contributed by atoms with Gasteiger partial charge in [-0.3, -0.25) is 9.35 Å². The molecule has 7 nitrogen and oxygen atoms in total. The zero-order valence-corrected chi connectivity index (χ0v) is 21.9. The number of hydrogen-bond donors (Lipinski definition) is 2. The number of fused-ring (bicyclic) bond motifs is 4. The molecule has 1 atom stereocenters. The molecule has 10 heteroatoms. The van der Waals surface area contributed by atoms with E-state index in [1.54, 1.807) is 28.4 Å². The number of methoxy groups -OCH3 is 1. The topological polar surface area (TPSA) is 104 Å². The average molecular weight is 542 g/mol. The molecule has 0 saturated carbocycles. The molecule has 2 N–H and O–H groups in total. The fraction of sp³-hybridized carbons (Fsp3) is 0.192. The number of rotatable bonds is 7. The first-order valence-electron chi connectivity index (χ1n) is 11.2. The van der Waals surface area contributed by atoms with E-state index < -0.39 is 27.9 Å². The summed E-state index contributed by atoms with van der Waals surface area (Å²) in [6.45, 7) is 1.66. The van der Waals surface area contributed by atoms with Crippen LogP contribution in [0.25, 0.3) is 26.9 Å². The van der Waals surface area contributed by atoms with Crippen molar-refractivity contribution < 1.29 is 27.6 Å². The number of nitrogens with zero attached hydrogens (tertiary/aromatic N) is 1. The molecule has 186 valence electrons. The summed E-state index contributed by atoms with van der Waals surface area (Å²) in [5.74, 6) is -1.05. The van der Waals surface area contributed by atoms with Crippen LogP contribution in [0.3, 0.4) is 0 Å². The Morgan fingerprint density at radius 1 is 1.17 bits per heavy atom. The minimum absolute atomic E-state index is 0.442. The summed E-state index contributed by atoms with van der Waals surface area (Å²) in [5.41, 5.74) is 1.81. The van der Waals surface area contributed by atoms with Crippen molar-refractivity contribution in [2.75, 3.05) is 18.6 Å². The minimum atomic E-state index is -4.83. The lowest BCUT2D eigenvalue weighted by atomic mass is 10.0. The van der Waals surface area contributed by atoms with Crippen molar-refractivity contribution in [3.8, 4) is 5.75 Å². The molecule has 0 bridgehead atoms. The van der Waals surface area contributed by atoms with Gasteiger partial charge in [-0.05, 0) is 47.0 Å². The SMILES string of the molecule is CCc1c(/C=C2\Sc3ccc(OC)cc3N2CC(C(=O)O)S(=O)(=O)O)sc2ccc3ccccc3c12. The van der Waals surface area contributed by atoms with Crippen LogP contribution in [0.15, 0.2) is 64.5 Å². The second-order valence-electron chi connectivity index (χ2n) is 8.33. The predicted molar refractivity (Wildman–Crippen MR) is 146 cm³/mol. The van der Waals surface area contributed by atoms with E-state index in [-0.39, 0.29) is 0 Å². The van der Waals surface area contributed by atoms with Gasteiger partial charge < -0.3 is 14.7 Å². The van der Waals surface area contributed by atoms with Gasteiger partial charge in [-0.2, -0.15) is 8.42 Å². The maximum absolute atomic E-state index is 11.9. The molecule has 5 rings (SSSR count). The zero-order valence-electron chi connectivity index (χ0n) is 19.5. The molecular formula is C26H23NO6S3. The first kappa shape index (κ1) is 24.6. The van der Waals surface area contributed by atoms with Crippen LogP contribution in [0.2, 0.25) is 0 Å². The molecule has 0 amide bonds. The van der Waals surface area contributed by atoms with E-state index in [9.17, 15) is 22.9 Å². The number of carbonyl (C=O) groups is 1. The molecule has 1 aromatic heterocycles. The first-order valence-corrected chi connectivity index (χ1v) is 14.3. The number of benzene rings is 3. The second-order valence-corrected chi connectivity index (χ2v) is 12.1. The fourth-order valence-electron chi connectivity index (χ4n) is 4.50. The smallest absolute Gasteiger partial charge is 0.326 e. The molecule has 2 heterocycles. The molecule has 3 aromatic carbocycles. The molecule has 1 aliphatic rings. The fourth-order valence-corrected chi connectivity index (χ4v) is 7.51. The number of hydrogen-bond acceptors (Lipinski definition) is 7. The molecule has 0 aliphatic carbocycles. The van der Waals surface area contributed by atoms with Crippen LogP contribution in [0.4, 0.5) is 5.69 Å². The number of thiophene rings is 1. The van der Waals surface area contributed by atoms with Gasteiger partial charge in [0, 0.05) is 25.9 Å². The number of anilines is 1. The molecule has 1 unspecified atom stereocenters. The number of carboxylic acid groups (broad SMARTS) is 1. The van der Waals surface area contributed by atoms with Crippen LogP contribution in [0, 0.1) is 0 Å². The summed E-state index contributed by atoms with van der Waals surface area (Å²) in [6.07, 6.45) is 2.78. The van der Waals surface area contributed by atoms with Crippen molar-refractivity contribution in [2.24, 2.45) is 0 Å². The van der Waals surface area contributed by atoms with E-state index in [1.165, 1.54) is 35.2 Å². The van der Waals surface area contributed by atoms with Gasteiger partial charge in [0.15, 0.2) is 0 Å². The van der Waals surface area contributed by atoms with Gasteiger partial charge in [0.25, 0.3) is 10.1 Å². The quantitative estimate of drug-likeness (QED) is 0.280. The van der Waals surface area contributed by atoms with E-state index in [0.717, 1.165) is 26.3 Å². The van der Waals surface area contributed by atoms with Crippen molar-refractivity contribution in [1.82, 2.24) is 0 Å². The third-order valence-electron chi connectivity index (χ3n) is 6.24. The molecule has 36 heavy (non-hydrogen) atoms.